The third-order valence-electron chi connectivity index (χ3n) is 3.26. The number of hydrogen-bond acceptors (Lipinski definition) is 3. The van der Waals surface area contributed by atoms with Crippen LogP contribution in [0.5, 0.6) is 11.5 Å². The van der Waals surface area contributed by atoms with Crippen molar-refractivity contribution in [1.82, 2.24) is 10.6 Å². The number of benzene rings is 1. The zero-order chi connectivity index (χ0) is 17.9. The predicted octanol–water partition coefficient (Wildman–Crippen LogP) is 3.40. The minimum Gasteiger partial charge on any atom is -0.497 e. The fraction of sp³-hybridized carbons (Fsp3) is 0.588. The molecule has 1 rings (SSSR count). The van der Waals surface area contributed by atoms with Gasteiger partial charge in [-0.2, -0.15) is 8.78 Å². The molecule has 0 spiro atoms. The van der Waals surface area contributed by atoms with Gasteiger partial charge in [-0.3, -0.25) is 0 Å². The summed E-state index contributed by atoms with van der Waals surface area (Å²) in [6.07, 6.45) is 1.02. The lowest BCUT2D eigenvalue weighted by Crippen LogP contribution is -2.38. The summed E-state index contributed by atoms with van der Waals surface area (Å²) in [5.41, 5.74) is 0.567. The van der Waals surface area contributed by atoms with Crippen LogP contribution in [0.25, 0.3) is 0 Å². The summed E-state index contributed by atoms with van der Waals surface area (Å²) in [6.45, 7) is 5.12. The van der Waals surface area contributed by atoms with Crippen LogP contribution in [0.3, 0.4) is 0 Å². The lowest BCUT2D eigenvalue weighted by Gasteiger charge is -2.14. The summed E-state index contributed by atoms with van der Waals surface area (Å²) < 4.78 is 34.8. The van der Waals surface area contributed by atoms with Crippen LogP contribution in [0, 0.1) is 5.92 Å². The Morgan fingerprint density at radius 2 is 2.00 bits per heavy atom. The molecule has 0 aromatic heterocycles. The van der Waals surface area contributed by atoms with Gasteiger partial charge in [0, 0.05) is 24.7 Å². The van der Waals surface area contributed by atoms with Gasteiger partial charge in [-0.05, 0) is 31.4 Å². The van der Waals surface area contributed by atoms with Gasteiger partial charge in [0.1, 0.15) is 11.5 Å². The largest absolute Gasteiger partial charge is 0.497 e. The maximum absolute atomic E-state index is 12.6. The first-order valence-electron chi connectivity index (χ1n) is 8.10. The Labute approximate surface area is 142 Å². The normalized spacial score (nSPS) is 11.8. The molecular formula is C17H27F2N3O2. The molecule has 24 heavy (non-hydrogen) atoms. The van der Waals surface area contributed by atoms with Gasteiger partial charge in [0.15, 0.2) is 5.96 Å². The zero-order valence-electron chi connectivity index (χ0n) is 14.7. The molecule has 0 aliphatic heterocycles. The molecule has 1 aromatic rings. The van der Waals surface area contributed by atoms with Gasteiger partial charge in [0.2, 0.25) is 0 Å². The van der Waals surface area contributed by atoms with Gasteiger partial charge in [-0.15, -0.1) is 0 Å². The van der Waals surface area contributed by atoms with Crippen molar-refractivity contribution in [2.45, 2.75) is 40.3 Å². The van der Waals surface area contributed by atoms with Crippen LogP contribution in [0.1, 0.15) is 32.8 Å². The van der Waals surface area contributed by atoms with Crippen molar-refractivity contribution in [2.75, 3.05) is 20.2 Å². The van der Waals surface area contributed by atoms with Crippen LogP contribution in [0.4, 0.5) is 8.78 Å². The van der Waals surface area contributed by atoms with Crippen LogP contribution in [-0.2, 0) is 6.54 Å². The third kappa shape index (κ3) is 7.48. The van der Waals surface area contributed by atoms with Crippen molar-refractivity contribution < 1.29 is 18.3 Å². The zero-order valence-corrected chi connectivity index (χ0v) is 14.7. The van der Waals surface area contributed by atoms with E-state index < -0.39 is 6.61 Å². The van der Waals surface area contributed by atoms with Crippen LogP contribution >= 0.6 is 0 Å². The first kappa shape index (κ1) is 20.0. The summed E-state index contributed by atoms with van der Waals surface area (Å²) in [6, 6.07) is 4.82. The molecule has 0 saturated carbocycles. The maximum Gasteiger partial charge on any atom is 0.387 e. The minimum atomic E-state index is -2.89. The number of hydrogen-bond donors (Lipinski definition) is 2. The number of aliphatic imine (C=N–C) groups is 1. The fourth-order valence-electron chi connectivity index (χ4n) is 1.98. The molecule has 0 fully saturated rings. The van der Waals surface area contributed by atoms with Gasteiger partial charge in [-0.25, -0.2) is 4.99 Å². The number of nitrogens with zero attached hydrogens (tertiary/aromatic N) is 1. The van der Waals surface area contributed by atoms with Crippen molar-refractivity contribution in [3.8, 4) is 11.5 Å². The number of nitrogens with one attached hydrogen (secondary N) is 2. The number of guanidine groups is 1. The standard InChI is InChI=1S/C17H27F2N3O2/c1-5-20-17(21-9-8-12(2)3)22-11-13-6-7-14(23-4)10-15(13)24-16(18)19/h6-7,10,12,16H,5,8-9,11H2,1-4H3,(H2,20,21,22). The molecule has 1 aromatic carbocycles. The van der Waals surface area contributed by atoms with E-state index in [1.807, 2.05) is 6.92 Å². The Morgan fingerprint density at radius 3 is 2.58 bits per heavy atom. The van der Waals surface area contributed by atoms with E-state index in [0.717, 1.165) is 19.5 Å². The molecule has 0 saturated heterocycles. The highest BCUT2D eigenvalue weighted by atomic mass is 19.3. The number of alkyl halides is 2. The highest BCUT2D eigenvalue weighted by Gasteiger charge is 2.11. The van der Waals surface area contributed by atoms with E-state index in [1.54, 1.807) is 12.1 Å². The molecule has 0 aliphatic rings. The highest BCUT2D eigenvalue weighted by molar-refractivity contribution is 5.79. The van der Waals surface area contributed by atoms with Crippen molar-refractivity contribution in [3.63, 3.8) is 0 Å². The van der Waals surface area contributed by atoms with E-state index in [2.05, 4.69) is 34.2 Å². The number of rotatable bonds is 9. The van der Waals surface area contributed by atoms with Crippen molar-refractivity contribution in [3.05, 3.63) is 23.8 Å². The number of methoxy groups -OCH3 is 1. The Bertz CT molecular complexity index is 523. The Hall–Kier alpha value is -2.05. The Morgan fingerprint density at radius 1 is 1.25 bits per heavy atom. The first-order chi connectivity index (χ1) is 11.5. The van der Waals surface area contributed by atoms with Crippen LogP contribution in [-0.4, -0.2) is 32.8 Å². The monoisotopic (exact) mass is 343 g/mol. The summed E-state index contributed by atoms with van der Waals surface area (Å²) >= 11 is 0. The molecule has 0 aliphatic carbocycles. The topological polar surface area (TPSA) is 54.9 Å². The molecule has 0 heterocycles. The lowest BCUT2D eigenvalue weighted by atomic mass is 10.1. The first-order valence-corrected chi connectivity index (χ1v) is 8.10. The predicted molar refractivity (Wildman–Crippen MR) is 91.9 cm³/mol. The van der Waals surface area contributed by atoms with Crippen molar-refractivity contribution in [1.29, 1.82) is 0 Å². The second kappa shape index (κ2) is 10.7. The molecule has 2 N–H and O–H groups in total. The highest BCUT2D eigenvalue weighted by Crippen LogP contribution is 2.27. The van der Waals surface area contributed by atoms with Gasteiger partial charge >= 0.3 is 6.61 Å². The van der Waals surface area contributed by atoms with Crippen molar-refractivity contribution in [2.24, 2.45) is 10.9 Å². The Kier molecular flexibility index (Phi) is 8.89. The molecule has 5 nitrogen and oxygen atoms in total. The van der Waals surface area contributed by atoms with Gasteiger partial charge in [0.25, 0.3) is 0 Å². The second-order valence-electron chi connectivity index (χ2n) is 5.66. The van der Waals surface area contributed by atoms with E-state index >= 15 is 0 Å². The van der Waals surface area contributed by atoms with Gasteiger partial charge < -0.3 is 20.1 Å². The quantitative estimate of drug-likeness (QED) is 0.533. The molecule has 0 atom stereocenters. The molecule has 0 bridgehead atoms. The second-order valence-corrected chi connectivity index (χ2v) is 5.66. The summed E-state index contributed by atoms with van der Waals surface area (Å²) in [5.74, 6) is 1.77. The molecule has 136 valence electrons. The molecule has 7 heteroatoms. The molecule has 0 radical (unpaired) electrons. The fourth-order valence-corrected chi connectivity index (χ4v) is 1.98. The average molecular weight is 343 g/mol. The van der Waals surface area contributed by atoms with Gasteiger partial charge in [0.05, 0.1) is 13.7 Å². The average Bonchev–Trinajstić information content (AvgIpc) is 2.52. The van der Waals surface area contributed by atoms with Crippen LogP contribution in [0.2, 0.25) is 0 Å². The van der Waals surface area contributed by atoms with E-state index in [4.69, 9.17) is 4.74 Å². The summed E-state index contributed by atoms with van der Waals surface area (Å²) in [5, 5.41) is 6.36. The SMILES string of the molecule is CCNC(=NCc1ccc(OC)cc1OC(F)F)NCCC(C)C. The van der Waals surface area contributed by atoms with Crippen molar-refractivity contribution >= 4 is 5.96 Å². The van der Waals surface area contributed by atoms with Crippen LogP contribution in [0.15, 0.2) is 23.2 Å². The number of ether oxygens (including phenoxy) is 2. The van der Waals surface area contributed by atoms with E-state index in [-0.39, 0.29) is 12.3 Å². The molecular weight excluding hydrogens is 316 g/mol. The molecule has 0 amide bonds. The third-order valence-corrected chi connectivity index (χ3v) is 3.26. The molecule has 0 unspecified atom stereocenters. The van der Waals surface area contributed by atoms with Gasteiger partial charge in [-0.1, -0.05) is 13.8 Å². The maximum atomic E-state index is 12.6. The summed E-state index contributed by atoms with van der Waals surface area (Å²) in [4.78, 5) is 4.43. The van der Waals surface area contributed by atoms with E-state index in [1.165, 1.54) is 13.2 Å². The minimum absolute atomic E-state index is 0.0751. The number of halogens is 2. The van der Waals surface area contributed by atoms with Crippen LogP contribution < -0.4 is 20.1 Å². The summed E-state index contributed by atoms with van der Waals surface area (Å²) in [7, 11) is 1.47. The Balaban J connectivity index is 2.82. The van der Waals surface area contributed by atoms with E-state index in [0.29, 0.717) is 23.2 Å². The van der Waals surface area contributed by atoms with E-state index in [9.17, 15) is 8.78 Å². The lowest BCUT2D eigenvalue weighted by molar-refractivity contribution is -0.0505. The smallest absolute Gasteiger partial charge is 0.387 e.